The lowest BCUT2D eigenvalue weighted by atomic mass is 9.89. The number of phenolic OH excluding ortho intramolecular Hbond substituents is 1. The monoisotopic (exact) mass is 302 g/mol. The molecule has 1 aromatic carbocycles. The van der Waals surface area contributed by atoms with Crippen molar-refractivity contribution in [2.24, 2.45) is 5.11 Å². The lowest BCUT2D eigenvalue weighted by Crippen LogP contribution is -2.34. The van der Waals surface area contributed by atoms with Crippen LogP contribution in [0.3, 0.4) is 0 Å². The van der Waals surface area contributed by atoms with Gasteiger partial charge in [0, 0.05) is 18.8 Å². The molecule has 1 aliphatic rings. The van der Waals surface area contributed by atoms with Gasteiger partial charge in [0.05, 0.1) is 5.70 Å². The van der Waals surface area contributed by atoms with E-state index < -0.39 is 0 Å². The zero-order valence-electron chi connectivity index (χ0n) is 13.4. The Hall–Kier alpha value is -1.88. The minimum absolute atomic E-state index is 0.345. The molecule has 0 amide bonds. The predicted molar refractivity (Wildman–Crippen MR) is 88.0 cm³/mol. The Morgan fingerprint density at radius 2 is 2.18 bits per heavy atom. The first kappa shape index (κ1) is 16.5. The number of likely N-dealkylation sites (tertiary alicyclic amines) is 1. The normalized spacial score (nSPS) is 17.7. The Labute approximate surface area is 132 Å². The second-order valence-electron chi connectivity index (χ2n) is 6.21. The van der Waals surface area contributed by atoms with Crippen molar-refractivity contribution in [3.63, 3.8) is 0 Å². The van der Waals surface area contributed by atoms with Gasteiger partial charge in [0.2, 0.25) is 0 Å². The zero-order chi connectivity index (χ0) is 15.9. The summed E-state index contributed by atoms with van der Waals surface area (Å²) in [6.07, 6.45) is 4.00. The number of nitrogens with one attached hydrogen (secondary N) is 2. The highest BCUT2D eigenvalue weighted by Gasteiger charge is 2.21. The summed E-state index contributed by atoms with van der Waals surface area (Å²) in [4.78, 5) is 2.34. The second kappa shape index (κ2) is 7.94. The number of aromatic hydroxyl groups is 1. The van der Waals surface area contributed by atoms with Crippen molar-refractivity contribution in [2.75, 3.05) is 19.6 Å². The summed E-state index contributed by atoms with van der Waals surface area (Å²) < 4.78 is 0. The molecule has 1 aliphatic heterocycles. The molecule has 5 heteroatoms. The number of rotatable bonds is 6. The van der Waals surface area contributed by atoms with Gasteiger partial charge in [-0.3, -0.25) is 4.90 Å². The first-order valence-corrected chi connectivity index (χ1v) is 7.92. The summed E-state index contributed by atoms with van der Waals surface area (Å²) in [6, 6.07) is 7.95. The van der Waals surface area contributed by atoms with Crippen molar-refractivity contribution < 1.29 is 5.11 Å². The SMILES string of the molecule is CC(C)N/C=C(/CN1CCC(c2cccc(O)c2)CC1)N=N. The molecular weight excluding hydrogens is 276 g/mol. The van der Waals surface area contributed by atoms with Gasteiger partial charge in [0.15, 0.2) is 0 Å². The number of nitrogens with zero attached hydrogens (tertiary/aromatic N) is 2. The van der Waals surface area contributed by atoms with Crippen molar-refractivity contribution in [2.45, 2.75) is 38.6 Å². The number of hydrogen-bond acceptors (Lipinski definition) is 5. The van der Waals surface area contributed by atoms with Crippen LogP contribution in [0.25, 0.3) is 0 Å². The fraction of sp³-hybridized carbons (Fsp3) is 0.529. The molecule has 22 heavy (non-hydrogen) atoms. The van der Waals surface area contributed by atoms with E-state index in [1.807, 2.05) is 18.3 Å². The Morgan fingerprint density at radius 1 is 1.45 bits per heavy atom. The molecule has 0 spiro atoms. The molecule has 1 fully saturated rings. The van der Waals surface area contributed by atoms with Gasteiger partial charge in [-0.25, -0.2) is 5.53 Å². The van der Waals surface area contributed by atoms with Crippen molar-refractivity contribution in [3.05, 3.63) is 41.7 Å². The minimum Gasteiger partial charge on any atom is -0.508 e. The zero-order valence-corrected chi connectivity index (χ0v) is 13.4. The highest BCUT2D eigenvalue weighted by atomic mass is 16.3. The van der Waals surface area contributed by atoms with Crippen LogP contribution < -0.4 is 5.32 Å². The fourth-order valence-corrected chi connectivity index (χ4v) is 2.81. The van der Waals surface area contributed by atoms with Gasteiger partial charge >= 0.3 is 0 Å². The maximum Gasteiger partial charge on any atom is 0.115 e. The molecule has 120 valence electrons. The molecule has 0 bridgehead atoms. The van der Waals surface area contributed by atoms with Crippen LogP contribution >= 0.6 is 0 Å². The van der Waals surface area contributed by atoms with Crippen LogP contribution in [0.4, 0.5) is 0 Å². The number of phenols is 1. The predicted octanol–water partition coefficient (Wildman–Crippen LogP) is 3.44. The molecule has 1 saturated heterocycles. The molecule has 0 radical (unpaired) electrons. The molecular formula is C17H26N4O. The van der Waals surface area contributed by atoms with E-state index in [4.69, 9.17) is 5.53 Å². The molecule has 2 rings (SSSR count). The van der Waals surface area contributed by atoms with E-state index in [0.717, 1.165) is 38.2 Å². The molecule has 0 aromatic heterocycles. The quantitative estimate of drug-likeness (QED) is 0.705. The van der Waals surface area contributed by atoms with E-state index in [1.165, 1.54) is 5.56 Å². The summed E-state index contributed by atoms with van der Waals surface area (Å²) in [5.74, 6) is 0.857. The summed E-state index contributed by atoms with van der Waals surface area (Å²) in [5.41, 5.74) is 9.28. The average Bonchev–Trinajstić information content (AvgIpc) is 2.52. The van der Waals surface area contributed by atoms with Gasteiger partial charge in [0.1, 0.15) is 5.75 Å². The average molecular weight is 302 g/mol. The Balaban J connectivity index is 1.86. The van der Waals surface area contributed by atoms with Crippen LogP contribution in [0.15, 0.2) is 41.3 Å². The summed E-state index contributed by atoms with van der Waals surface area (Å²) >= 11 is 0. The largest absolute Gasteiger partial charge is 0.508 e. The van der Waals surface area contributed by atoms with Gasteiger partial charge in [0.25, 0.3) is 0 Å². The Kier molecular flexibility index (Phi) is 5.95. The van der Waals surface area contributed by atoms with Gasteiger partial charge in [-0.05, 0) is 63.4 Å². The van der Waals surface area contributed by atoms with Gasteiger partial charge in [-0.2, -0.15) is 5.11 Å². The van der Waals surface area contributed by atoms with Crippen LogP contribution in [-0.2, 0) is 0 Å². The Bertz CT molecular complexity index is 519. The smallest absolute Gasteiger partial charge is 0.115 e. The fourth-order valence-electron chi connectivity index (χ4n) is 2.81. The minimum atomic E-state index is 0.345. The van der Waals surface area contributed by atoms with Crippen molar-refractivity contribution in [1.29, 1.82) is 5.53 Å². The maximum atomic E-state index is 9.59. The molecule has 0 saturated carbocycles. The van der Waals surface area contributed by atoms with Crippen molar-refractivity contribution in [3.8, 4) is 5.75 Å². The van der Waals surface area contributed by atoms with Crippen molar-refractivity contribution in [1.82, 2.24) is 10.2 Å². The molecule has 0 atom stereocenters. The topological polar surface area (TPSA) is 71.7 Å². The van der Waals surface area contributed by atoms with E-state index in [1.54, 1.807) is 6.07 Å². The molecule has 0 aliphatic carbocycles. The third-order valence-electron chi connectivity index (χ3n) is 4.04. The van der Waals surface area contributed by atoms with Crippen molar-refractivity contribution >= 4 is 0 Å². The lowest BCUT2D eigenvalue weighted by molar-refractivity contribution is 0.226. The van der Waals surface area contributed by atoms with E-state index in [9.17, 15) is 5.11 Å². The maximum absolute atomic E-state index is 9.59. The van der Waals surface area contributed by atoms with E-state index in [-0.39, 0.29) is 0 Å². The summed E-state index contributed by atoms with van der Waals surface area (Å²) in [7, 11) is 0. The van der Waals surface area contributed by atoms with Crippen LogP contribution in [0, 0.1) is 5.53 Å². The molecule has 1 aromatic rings. The number of benzene rings is 1. The standard InChI is InChI=1S/C17H26N4O/c1-13(2)19-11-16(20-18)12-21-8-6-14(7-9-21)15-4-3-5-17(22)10-15/h3-5,10-11,13-14,18-19,22H,6-9,12H2,1-2H3/b16-11-,20-18?. The van der Waals surface area contributed by atoms with Gasteiger partial charge in [-0.1, -0.05) is 12.1 Å². The first-order valence-electron chi connectivity index (χ1n) is 7.92. The lowest BCUT2D eigenvalue weighted by Gasteiger charge is -2.32. The molecule has 1 heterocycles. The summed E-state index contributed by atoms with van der Waals surface area (Å²) in [6.45, 7) is 6.84. The van der Waals surface area contributed by atoms with Gasteiger partial charge in [-0.15, -0.1) is 0 Å². The van der Waals surface area contributed by atoms with Gasteiger partial charge < -0.3 is 10.4 Å². The van der Waals surface area contributed by atoms with Crippen LogP contribution in [0.1, 0.15) is 38.2 Å². The van der Waals surface area contributed by atoms with Crippen LogP contribution in [0.2, 0.25) is 0 Å². The Morgan fingerprint density at radius 3 is 2.77 bits per heavy atom. The molecule has 3 N–H and O–H groups in total. The second-order valence-corrected chi connectivity index (χ2v) is 6.21. The van der Waals surface area contributed by atoms with Crippen LogP contribution in [-0.4, -0.2) is 35.7 Å². The first-order chi connectivity index (χ1) is 10.6. The van der Waals surface area contributed by atoms with Crippen LogP contribution in [0.5, 0.6) is 5.75 Å². The van der Waals surface area contributed by atoms with E-state index in [2.05, 4.69) is 35.2 Å². The third-order valence-corrected chi connectivity index (χ3v) is 4.04. The summed E-state index contributed by atoms with van der Waals surface area (Å²) in [5, 5.41) is 16.4. The van der Waals surface area contributed by atoms with E-state index in [0.29, 0.717) is 17.7 Å². The van der Waals surface area contributed by atoms with E-state index >= 15 is 0 Å². The molecule has 0 unspecified atom stereocenters. The highest BCUT2D eigenvalue weighted by Crippen LogP contribution is 2.29. The molecule has 5 nitrogen and oxygen atoms in total. The number of hydrogen-bond donors (Lipinski definition) is 3. The number of piperidine rings is 1. The third kappa shape index (κ3) is 4.84. The highest BCUT2D eigenvalue weighted by molar-refractivity contribution is 5.30.